The number of nitrogens with zero attached hydrogens (tertiary/aromatic N) is 2. The lowest BCUT2D eigenvalue weighted by molar-refractivity contribution is 0.0764. The maximum absolute atomic E-state index is 12.6. The number of anilines is 1. The molecule has 1 aromatic heterocycles. The third-order valence-electron chi connectivity index (χ3n) is 3.40. The van der Waals surface area contributed by atoms with Gasteiger partial charge in [0.2, 0.25) is 0 Å². The average molecular weight is 291 g/mol. The first-order chi connectivity index (χ1) is 10.0. The van der Waals surface area contributed by atoms with E-state index in [1.807, 2.05) is 24.0 Å². The van der Waals surface area contributed by atoms with E-state index in [1.54, 1.807) is 0 Å². The van der Waals surface area contributed by atoms with Crippen molar-refractivity contribution in [1.29, 1.82) is 0 Å². The van der Waals surface area contributed by atoms with Gasteiger partial charge in [0.25, 0.3) is 5.91 Å². The van der Waals surface area contributed by atoms with E-state index >= 15 is 0 Å². The van der Waals surface area contributed by atoms with Gasteiger partial charge in [-0.3, -0.25) is 4.79 Å². The predicted octanol–water partition coefficient (Wildman–Crippen LogP) is 3.90. The minimum Gasteiger partial charge on any atom is -0.370 e. The fraction of sp³-hybridized carbons (Fsp3) is 0.647. The molecular weight excluding hydrogens is 262 g/mol. The lowest BCUT2D eigenvalue weighted by atomic mass is 10.1. The predicted molar refractivity (Wildman–Crippen MR) is 89.0 cm³/mol. The molecule has 0 saturated carbocycles. The summed E-state index contributed by atoms with van der Waals surface area (Å²) < 4.78 is 0. The highest BCUT2D eigenvalue weighted by Gasteiger charge is 2.16. The molecule has 0 aliphatic rings. The molecule has 0 unspecified atom stereocenters. The molecule has 1 heterocycles. The molecule has 0 aromatic carbocycles. The molecule has 4 heteroatoms. The van der Waals surface area contributed by atoms with Gasteiger partial charge < -0.3 is 10.2 Å². The molecule has 21 heavy (non-hydrogen) atoms. The fourth-order valence-corrected chi connectivity index (χ4v) is 2.17. The summed E-state index contributed by atoms with van der Waals surface area (Å²) in [4.78, 5) is 19.1. The van der Waals surface area contributed by atoms with Crippen LogP contribution < -0.4 is 5.32 Å². The third-order valence-corrected chi connectivity index (χ3v) is 3.40. The monoisotopic (exact) mass is 291 g/mol. The molecule has 0 saturated heterocycles. The Bertz CT molecular complexity index is 457. The summed E-state index contributed by atoms with van der Waals surface area (Å²) in [6.45, 7) is 12.8. The lowest BCUT2D eigenvalue weighted by Crippen LogP contribution is -2.31. The molecule has 1 rings (SSSR count). The Balaban J connectivity index is 3.08. The molecule has 4 nitrogen and oxygen atoms in total. The van der Waals surface area contributed by atoms with Crippen LogP contribution in [0, 0.1) is 0 Å². The van der Waals surface area contributed by atoms with Crippen LogP contribution >= 0.6 is 0 Å². The van der Waals surface area contributed by atoms with E-state index in [4.69, 9.17) is 0 Å². The fourth-order valence-electron chi connectivity index (χ4n) is 2.17. The summed E-state index contributed by atoms with van der Waals surface area (Å²) in [5.41, 5.74) is 1.70. The molecule has 0 radical (unpaired) electrons. The zero-order chi connectivity index (χ0) is 15.8. The number of aromatic nitrogens is 1. The first kappa shape index (κ1) is 17.5. The van der Waals surface area contributed by atoms with E-state index in [0.29, 0.717) is 5.92 Å². The van der Waals surface area contributed by atoms with Gasteiger partial charge in [-0.2, -0.15) is 0 Å². The van der Waals surface area contributed by atoms with Gasteiger partial charge in [0.1, 0.15) is 5.82 Å². The van der Waals surface area contributed by atoms with E-state index in [2.05, 4.69) is 38.0 Å². The van der Waals surface area contributed by atoms with Crippen molar-refractivity contribution in [1.82, 2.24) is 9.88 Å². The van der Waals surface area contributed by atoms with Gasteiger partial charge >= 0.3 is 0 Å². The van der Waals surface area contributed by atoms with Crippen LogP contribution in [0.4, 0.5) is 5.82 Å². The molecule has 118 valence electrons. The minimum atomic E-state index is 0.100. The van der Waals surface area contributed by atoms with Crippen molar-refractivity contribution in [2.75, 3.05) is 25.0 Å². The van der Waals surface area contributed by atoms with E-state index in [0.717, 1.165) is 49.6 Å². The summed E-state index contributed by atoms with van der Waals surface area (Å²) in [6, 6.07) is 3.81. The molecule has 0 spiro atoms. The Hall–Kier alpha value is -1.58. The number of hydrogen-bond acceptors (Lipinski definition) is 3. The zero-order valence-corrected chi connectivity index (χ0v) is 14.1. The molecular formula is C17H29N3O. The molecule has 0 atom stereocenters. The largest absolute Gasteiger partial charge is 0.370 e. The standard InChI is InChI=1S/C17H29N3O/c1-6-9-18-16-12-14(11-15(19-16)13(4)5)17(21)20(8-3)10-7-2/h11-13H,6-10H2,1-5H3,(H,18,19). The van der Waals surface area contributed by atoms with Gasteiger partial charge in [0.15, 0.2) is 0 Å². The van der Waals surface area contributed by atoms with Crippen LogP contribution in [0.1, 0.15) is 69.4 Å². The Kier molecular flexibility index (Phi) is 7.20. The number of carbonyl (C=O) groups is 1. The maximum atomic E-state index is 12.6. The second kappa shape index (κ2) is 8.65. The Morgan fingerprint density at radius 3 is 2.48 bits per heavy atom. The highest BCUT2D eigenvalue weighted by molar-refractivity contribution is 5.95. The summed E-state index contributed by atoms with van der Waals surface area (Å²) in [7, 11) is 0. The van der Waals surface area contributed by atoms with Gasteiger partial charge in [-0.25, -0.2) is 4.98 Å². The van der Waals surface area contributed by atoms with E-state index in [9.17, 15) is 4.79 Å². The normalized spacial score (nSPS) is 10.8. The summed E-state index contributed by atoms with van der Waals surface area (Å²) in [6.07, 6.45) is 2.01. The van der Waals surface area contributed by atoms with Crippen molar-refractivity contribution in [3.8, 4) is 0 Å². The number of carbonyl (C=O) groups excluding carboxylic acids is 1. The smallest absolute Gasteiger partial charge is 0.254 e. The van der Waals surface area contributed by atoms with Gasteiger partial charge in [-0.15, -0.1) is 0 Å². The molecule has 0 bridgehead atoms. The summed E-state index contributed by atoms with van der Waals surface area (Å²) in [5.74, 6) is 1.21. The van der Waals surface area contributed by atoms with Gasteiger partial charge in [-0.05, 0) is 37.8 Å². The minimum absolute atomic E-state index is 0.100. The first-order valence-electron chi connectivity index (χ1n) is 8.08. The lowest BCUT2D eigenvalue weighted by Gasteiger charge is -2.21. The van der Waals surface area contributed by atoms with Crippen LogP contribution in [0.25, 0.3) is 0 Å². The van der Waals surface area contributed by atoms with E-state index in [-0.39, 0.29) is 5.91 Å². The number of pyridine rings is 1. The van der Waals surface area contributed by atoms with Crippen LogP contribution in [0.15, 0.2) is 12.1 Å². The van der Waals surface area contributed by atoms with Crippen LogP contribution in [-0.2, 0) is 0 Å². The van der Waals surface area contributed by atoms with Crippen molar-refractivity contribution in [2.45, 2.75) is 53.4 Å². The van der Waals surface area contributed by atoms with Crippen molar-refractivity contribution < 1.29 is 4.79 Å². The van der Waals surface area contributed by atoms with Gasteiger partial charge in [-0.1, -0.05) is 27.7 Å². The second-order valence-electron chi connectivity index (χ2n) is 5.63. The van der Waals surface area contributed by atoms with Crippen LogP contribution in [0.2, 0.25) is 0 Å². The number of hydrogen-bond donors (Lipinski definition) is 1. The first-order valence-corrected chi connectivity index (χ1v) is 8.08. The second-order valence-corrected chi connectivity index (χ2v) is 5.63. The number of amides is 1. The SMILES string of the molecule is CCCNc1cc(C(=O)N(CC)CCC)cc(C(C)C)n1. The van der Waals surface area contributed by atoms with Gasteiger partial charge in [0, 0.05) is 30.9 Å². The molecule has 1 amide bonds. The number of nitrogens with one attached hydrogen (secondary N) is 1. The zero-order valence-electron chi connectivity index (χ0n) is 14.1. The molecule has 1 aromatic rings. The van der Waals surface area contributed by atoms with Crippen LogP contribution in [-0.4, -0.2) is 35.4 Å². The van der Waals surface area contributed by atoms with Crippen LogP contribution in [0.3, 0.4) is 0 Å². The Morgan fingerprint density at radius 1 is 1.24 bits per heavy atom. The Morgan fingerprint density at radius 2 is 1.95 bits per heavy atom. The molecule has 0 aliphatic carbocycles. The highest BCUT2D eigenvalue weighted by Crippen LogP contribution is 2.19. The topological polar surface area (TPSA) is 45.2 Å². The average Bonchev–Trinajstić information content (AvgIpc) is 2.49. The summed E-state index contributed by atoms with van der Waals surface area (Å²) >= 11 is 0. The quantitative estimate of drug-likeness (QED) is 0.790. The number of rotatable bonds is 8. The van der Waals surface area contributed by atoms with Crippen molar-refractivity contribution in [3.05, 3.63) is 23.4 Å². The van der Waals surface area contributed by atoms with E-state index in [1.165, 1.54) is 0 Å². The third kappa shape index (κ3) is 5.03. The highest BCUT2D eigenvalue weighted by atomic mass is 16.2. The maximum Gasteiger partial charge on any atom is 0.254 e. The molecule has 0 fully saturated rings. The summed E-state index contributed by atoms with van der Waals surface area (Å²) in [5, 5.41) is 3.29. The van der Waals surface area contributed by atoms with Crippen molar-refractivity contribution in [3.63, 3.8) is 0 Å². The molecule has 1 N–H and O–H groups in total. The van der Waals surface area contributed by atoms with Crippen LogP contribution in [0.5, 0.6) is 0 Å². The van der Waals surface area contributed by atoms with Crippen molar-refractivity contribution >= 4 is 11.7 Å². The van der Waals surface area contributed by atoms with Gasteiger partial charge in [0.05, 0.1) is 0 Å². The van der Waals surface area contributed by atoms with E-state index < -0.39 is 0 Å². The Labute approximate surface area is 129 Å². The van der Waals surface area contributed by atoms with Crippen molar-refractivity contribution in [2.24, 2.45) is 0 Å². The molecule has 0 aliphatic heterocycles.